The number of benzene rings is 1. The second kappa shape index (κ2) is 7.47. The zero-order chi connectivity index (χ0) is 19.5. The maximum Gasteiger partial charge on any atom is 0.320 e. The molecule has 0 aliphatic rings. The molecule has 9 nitrogen and oxygen atoms in total. The van der Waals surface area contributed by atoms with E-state index >= 15 is 0 Å². The second-order valence-corrected chi connectivity index (χ2v) is 6.41. The highest BCUT2D eigenvalue weighted by atomic mass is 16.5. The Kier molecular flexibility index (Phi) is 4.71. The Labute approximate surface area is 161 Å². The van der Waals surface area contributed by atoms with E-state index < -0.39 is 0 Å². The zero-order valence-electron chi connectivity index (χ0n) is 15.6. The molecule has 1 atom stereocenters. The van der Waals surface area contributed by atoms with Gasteiger partial charge in [0.2, 0.25) is 5.88 Å². The minimum Gasteiger partial charge on any atom is -0.479 e. The van der Waals surface area contributed by atoms with Gasteiger partial charge in [0.1, 0.15) is 5.82 Å². The van der Waals surface area contributed by atoms with E-state index in [-0.39, 0.29) is 12.1 Å². The van der Waals surface area contributed by atoms with Crippen molar-refractivity contribution in [3.05, 3.63) is 60.0 Å². The lowest BCUT2D eigenvalue weighted by Gasteiger charge is -2.16. The summed E-state index contributed by atoms with van der Waals surface area (Å²) in [6.45, 7) is 2.43. The van der Waals surface area contributed by atoms with Crippen LogP contribution in [0.2, 0.25) is 0 Å². The lowest BCUT2D eigenvalue weighted by atomic mass is 10.1. The minimum atomic E-state index is -0.331. The van der Waals surface area contributed by atoms with Crippen LogP contribution in [-0.2, 0) is 6.54 Å². The molecule has 4 aromatic rings. The molecule has 0 aliphatic carbocycles. The smallest absolute Gasteiger partial charge is 0.320 e. The molecule has 1 aromatic carbocycles. The number of H-pyrrole nitrogens is 2. The Hall–Kier alpha value is -3.75. The van der Waals surface area contributed by atoms with Crippen molar-refractivity contribution >= 4 is 22.8 Å². The van der Waals surface area contributed by atoms with Gasteiger partial charge >= 0.3 is 6.03 Å². The summed E-state index contributed by atoms with van der Waals surface area (Å²) in [6.07, 6.45) is 3.72. The third-order valence-electron chi connectivity index (χ3n) is 4.48. The highest BCUT2D eigenvalue weighted by Gasteiger charge is 2.17. The molecule has 0 bridgehead atoms. The van der Waals surface area contributed by atoms with Crippen LogP contribution in [-0.4, -0.2) is 38.1 Å². The van der Waals surface area contributed by atoms with Crippen molar-refractivity contribution in [3.8, 4) is 5.88 Å². The molecule has 0 spiro atoms. The van der Waals surface area contributed by atoms with Crippen molar-refractivity contribution in [1.29, 1.82) is 0 Å². The summed E-state index contributed by atoms with van der Waals surface area (Å²) in [5.41, 5.74) is 2.49. The van der Waals surface area contributed by atoms with Gasteiger partial charge in [-0.15, -0.1) is 5.10 Å². The quantitative estimate of drug-likeness (QED) is 0.412. The van der Waals surface area contributed by atoms with Crippen molar-refractivity contribution in [2.24, 2.45) is 0 Å². The fourth-order valence-corrected chi connectivity index (χ4v) is 3.03. The standard InChI is InChI=1S/C19H21N7O2/c1-12(13-6-4-3-5-7-13)21-19(27)23-16-10-14-17(18(28-2)25-24-14)15(22-16)11-26-9-8-20-26/h3-10,12,20H,11H2,1-2H3,(H,24,25)(H2,21,22,23,27)/t12-/m1/s1. The maximum absolute atomic E-state index is 12.4. The van der Waals surface area contributed by atoms with E-state index in [0.717, 1.165) is 22.2 Å². The molecule has 144 valence electrons. The van der Waals surface area contributed by atoms with E-state index in [9.17, 15) is 4.79 Å². The number of nitrogens with one attached hydrogen (secondary N) is 4. The number of methoxy groups -OCH3 is 1. The molecule has 0 saturated heterocycles. The Morgan fingerprint density at radius 3 is 2.79 bits per heavy atom. The predicted molar refractivity (Wildman–Crippen MR) is 105 cm³/mol. The average Bonchev–Trinajstić information content (AvgIpc) is 3.08. The lowest BCUT2D eigenvalue weighted by molar-refractivity contribution is 0.249. The van der Waals surface area contributed by atoms with Crippen LogP contribution in [0.5, 0.6) is 5.88 Å². The molecular formula is C19H21N7O2. The number of pyridine rings is 1. The molecule has 28 heavy (non-hydrogen) atoms. The van der Waals surface area contributed by atoms with Crippen molar-refractivity contribution in [1.82, 2.24) is 30.3 Å². The van der Waals surface area contributed by atoms with Crippen LogP contribution in [0.4, 0.5) is 10.6 Å². The molecule has 3 aromatic heterocycles. The van der Waals surface area contributed by atoms with E-state index in [0.29, 0.717) is 18.2 Å². The largest absolute Gasteiger partial charge is 0.479 e. The Bertz CT molecular complexity index is 1070. The molecule has 3 heterocycles. The monoisotopic (exact) mass is 379 g/mol. The highest BCUT2D eigenvalue weighted by Crippen LogP contribution is 2.28. The van der Waals surface area contributed by atoms with Gasteiger partial charge in [-0.25, -0.2) is 9.78 Å². The summed E-state index contributed by atoms with van der Waals surface area (Å²) in [4.78, 5) is 17.0. The first-order valence-electron chi connectivity index (χ1n) is 8.88. The van der Waals surface area contributed by atoms with Crippen LogP contribution in [0.1, 0.15) is 24.2 Å². The number of hydrogen-bond donors (Lipinski definition) is 4. The molecule has 0 radical (unpaired) electrons. The van der Waals surface area contributed by atoms with Crippen LogP contribution in [0.15, 0.2) is 48.8 Å². The van der Waals surface area contributed by atoms with E-state index in [1.165, 1.54) is 0 Å². The fraction of sp³-hybridized carbons (Fsp3) is 0.211. The number of anilines is 1. The van der Waals surface area contributed by atoms with Crippen LogP contribution in [0.25, 0.3) is 10.9 Å². The highest BCUT2D eigenvalue weighted by molar-refractivity contribution is 5.93. The third-order valence-corrected chi connectivity index (χ3v) is 4.48. The molecule has 4 N–H and O–H groups in total. The Morgan fingerprint density at radius 2 is 2.11 bits per heavy atom. The van der Waals surface area contributed by atoms with Gasteiger partial charge in [-0.1, -0.05) is 30.3 Å². The number of amides is 2. The molecule has 0 unspecified atom stereocenters. The van der Waals surface area contributed by atoms with Gasteiger partial charge in [-0.2, -0.15) is 0 Å². The van der Waals surface area contributed by atoms with E-state index in [1.807, 2.05) is 54.3 Å². The number of hydrogen-bond acceptors (Lipinski definition) is 4. The third kappa shape index (κ3) is 3.54. The first-order valence-corrected chi connectivity index (χ1v) is 8.88. The summed E-state index contributed by atoms with van der Waals surface area (Å²) < 4.78 is 7.20. The van der Waals surface area contributed by atoms with Gasteiger partial charge in [-0.3, -0.25) is 15.1 Å². The SMILES string of the molecule is COc1n[nH]c2cc(NC(=O)N[C@H](C)c3ccccc3)nc(Cn3cc[nH]3)c12. The zero-order valence-corrected chi connectivity index (χ0v) is 15.6. The van der Waals surface area contributed by atoms with Crippen molar-refractivity contribution < 1.29 is 9.53 Å². The number of aromatic nitrogens is 5. The summed E-state index contributed by atoms with van der Waals surface area (Å²) >= 11 is 0. The number of carbonyl (C=O) groups is 1. The molecule has 0 aliphatic heterocycles. The van der Waals surface area contributed by atoms with Gasteiger partial charge in [-0.05, 0) is 12.5 Å². The molecule has 4 rings (SSSR count). The average molecular weight is 379 g/mol. The number of ether oxygens (including phenoxy) is 1. The number of urea groups is 1. The van der Waals surface area contributed by atoms with Crippen molar-refractivity contribution in [2.45, 2.75) is 19.5 Å². The topological polar surface area (TPSA) is 113 Å². The summed E-state index contributed by atoms with van der Waals surface area (Å²) in [5.74, 6) is 0.895. The molecule has 9 heteroatoms. The van der Waals surface area contributed by atoms with Crippen LogP contribution >= 0.6 is 0 Å². The molecule has 0 fully saturated rings. The van der Waals surface area contributed by atoms with Gasteiger partial charge < -0.3 is 15.2 Å². The Morgan fingerprint density at radius 1 is 1.32 bits per heavy atom. The normalized spacial score (nSPS) is 12.1. The van der Waals surface area contributed by atoms with Gasteiger partial charge in [0.05, 0.1) is 36.3 Å². The first kappa shape index (κ1) is 17.7. The van der Waals surface area contributed by atoms with E-state index in [2.05, 4.69) is 30.9 Å². The summed E-state index contributed by atoms with van der Waals surface area (Å²) in [7, 11) is 1.56. The van der Waals surface area contributed by atoms with E-state index in [4.69, 9.17) is 4.74 Å². The first-order chi connectivity index (χ1) is 13.6. The molecule has 0 saturated carbocycles. The summed E-state index contributed by atoms with van der Waals surface area (Å²) in [5, 5.41) is 16.6. The van der Waals surface area contributed by atoms with E-state index in [1.54, 1.807) is 13.2 Å². The fourth-order valence-electron chi connectivity index (χ4n) is 3.03. The van der Waals surface area contributed by atoms with Gasteiger partial charge in [0.25, 0.3) is 0 Å². The van der Waals surface area contributed by atoms with Gasteiger partial charge in [0, 0.05) is 18.5 Å². The van der Waals surface area contributed by atoms with Crippen LogP contribution < -0.4 is 15.4 Å². The number of aromatic amines is 2. The maximum atomic E-state index is 12.4. The second-order valence-electron chi connectivity index (χ2n) is 6.41. The van der Waals surface area contributed by atoms with Crippen molar-refractivity contribution in [2.75, 3.05) is 12.4 Å². The molecule has 2 amide bonds. The van der Waals surface area contributed by atoms with Crippen molar-refractivity contribution in [3.63, 3.8) is 0 Å². The number of rotatable bonds is 6. The number of nitrogens with zero attached hydrogens (tertiary/aromatic N) is 3. The molecular weight excluding hydrogens is 358 g/mol. The van der Waals surface area contributed by atoms with Crippen LogP contribution in [0, 0.1) is 0 Å². The lowest BCUT2D eigenvalue weighted by Crippen LogP contribution is -2.31. The van der Waals surface area contributed by atoms with Gasteiger partial charge in [0.15, 0.2) is 0 Å². The van der Waals surface area contributed by atoms with Crippen LogP contribution in [0.3, 0.4) is 0 Å². The summed E-state index contributed by atoms with van der Waals surface area (Å²) in [6, 6.07) is 11.0. The predicted octanol–water partition coefficient (Wildman–Crippen LogP) is 3.03. The number of carbonyl (C=O) groups excluding carboxylic acids is 1. The minimum absolute atomic E-state index is 0.132. The number of fused-ring (bicyclic) bond motifs is 1. The Balaban J connectivity index is 1.56.